The molecule has 1 aliphatic rings. The minimum absolute atomic E-state index is 0.107. The minimum Gasteiger partial charge on any atom is -0.481 e. The monoisotopic (exact) mass is 144 g/mol. The Bertz CT molecular complexity index is 144. The van der Waals surface area contributed by atoms with Crippen molar-refractivity contribution in [2.75, 3.05) is 0 Å². The summed E-state index contributed by atoms with van der Waals surface area (Å²) in [7, 11) is 0. The molecule has 3 atom stereocenters. The lowest BCUT2D eigenvalue weighted by Gasteiger charge is -2.06. The molecule has 3 heteroatoms. The number of ether oxygens (including phenoxy) is 1. The van der Waals surface area contributed by atoms with Crippen LogP contribution in [-0.4, -0.2) is 23.3 Å². The maximum absolute atomic E-state index is 10.5. The number of carboxylic acids is 1. The number of hydrogen-bond donors (Lipinski definition) is 1. The van der Waals surface area contributed by atoms with Gasteiger partial charge in [-0.15, -0.1) is 0 Å². The van der Waals surface area contributed by atoms with Crippen molar-refractivity contribution in [2.24, 2.45) is 5.92 Å². The van der Waals surface area contributed by atoms with E-state index in [4.69, 9.17) is 9.84 Å². The van der Waals surface area contributed by atoms with Crippen molar-refractivity contribution in [3.63, 3.8) is 0 Å². The number of carbonyl (C=O) groups is 1. The van der Waals surface area contributed by atoms with Crippen molar-refractivity contribution >= 4 is 5.97 Å². The van der Waals surface area contributed by atoms with Crippen LogP contribution in [-0.2, 0) is 9.53 Å². The van der Waals surface area contributed by atoms with Gasteiger partial charge in [-0.3, -0.25) is 4.79 Å². The molecular formula is C7H12O3. The zero-order chi connectivity index (χ0) is 7.72. The fourth-order valence-electron chi connectivity index (χ4n) is 1.37. The van der Waals surface area contributed by atoms with Gasteiger partial charge in [0.25, 0.3) is 0 Å². The number of rotatable bonds is 1. The van der Waals surface area contributed by atoms with Crippen molar-refractivity contribution < 1.29 is 14.6 Å². The maximum atomic E-state index is 10.5. The summed E-state index contributed by atoms with van der Waals surface area (Å²) in [4.78, 5) is 10.5. The summed E-state index contributed by atoms with van der Waals surface area (Å²) in [6, 6.07) is 0. The van der Waals surface area contributed by atoms with Gasteiger partial charge in [0.05, 0.1) is 18.1 Å². The molecule has 1 rings (SSSR count). The second-order valence-corrected chi connectivity index (χ2v) is 2.83. The third-order valence-electron chi connectivity index (χ3n) is 1.92. The van der Waals surface area contributed by atoms with E-state index >= 15 is 0 Å². The molecule has 0 radical (unpaired) electrons. The summed E-state index contributed by atoms with van der Waals surface area (Å²) in [5.41, 5.74) is 0. The lowest BCUT2D eigenvalue weighted by Crippen LogP contribution is -2.20. The molecule has 0 saturated carbocycles. The standard InChI is InChI=1S/C7H12O3/c1-4-3-6(7(8)9)5(2)10-4/h4-6H,3H2,1-2H3,(H,8,9)/t4-,5-,6-/m1/s1. The summed E-state index contributed by atoms with van der Waals surface area (Å²) in [5.74, 6) is -1.04. The van der Waals surface area contributed by atoms with E-state index in [2.05, 4.69) is 0 Å². The molecule has 1 aliphatic heterocycles. The molecule has 1 fully saturated rings. The Balaban J connectivity index is 2.54. The van der Waals surface area contributed by atoms with Crippen molar-refractivity contribution in [1.82, 2.24) is 0 Å². The summed E-state index contributed by atoms with van der Waals surface area (Å²) in [5, 5.41) is 8.62. The molecule has 0 aromatic rings. The number of aliphatic carboxylic acids is 1. The molecule has 0 spiro atoms. The van der Waals surface area contributed by atoms with Gasteiger partial charge in [0.1, 0.15) is 0 Å². The first-order chi connectivity index (χ1) is 4.61. The molecule has 1 heterocycles. The Hall–Kier alpha value is -0.570. The molecule has 0 aromatic heterocycles. The van der Waals surface area contributed by atoms with Crippen molar-refractivity contribution in [2.45, 2.75) is 32.5 Å². The Labute approximate surface area is 60.0 Å². The van der Waals surface area contributed by atoms with Gasteiger partial charge in [-0.1, -0.05) is 0 Å². The maximum Gasteiger partial charge on any atom is 0.309 e. The Morgan fingerprint density at radius 1 is 1.60 bits per heavy atom. The number of carboxylic acid groups (broad SMARTS) is 1. The highest BCUT2D eigenvalue weighted by molar-refractivity contribution is 5.71. The van der Waals surface area contributed by atoms with E-state index in [1.807, 2.05) is 13.8 Å². The lowest BCUT2D eigenvalue weighted by atomic mass is 10.0. The van der Waals surface area contributed by atoms with Gasteiger partial charge in [0.2, 0.25) is 0 Å². The largest absolute Gasteiger partial charge is 0.481 e. The van der Waals surface area contributed by atoms with Gasteiger partial charge in [0.15, 0.2) is 0 Å². The summed E-state index contributed by atoms with van der Waals surface area (Å²) in [6.45, 7) is 3.71. The normalized spacial score (nSPS) is 40.0. The molecule has 0 bridgehead atoms. The van der Waals surface area contributed by atoms with E-state index in [1.165, 1.54) is 0 Å². The second kappa shape index (κ2) is 2.58. The van der Waals surface area contributed by atoms with Gasteiger partial charge in [-0.25, -0.2) is 0 Å². The Morgan fingerprint density at radius 3 is 2.40 bits per heavy atom. The van der Waals surface area contributed by atoms with Crippen LogP contribution in [0.4, 0.5) is 0 Å². The zero-order valence-corrected chi connectivity index (χ0v) is 6.20. The molecule has 3 nitrogen and oxygen atoms in total. The summed E-state index contributed by atoms with van der Waals surface area (Å²) in [6.07, 6.45) is 0.639. The van der Waals surface area contributed by atoms with Crippen LogP contribution in [0, 0.1) is 5.92 Å². The molecule has 0 amide bonds. The van der Waals surface area contributed by atoms with E-state index in [0.29, 0.717) is 6.42 Å². The molecule has 1 N–H and O–H groups in total. The Morgan fingerprint density at radius 2 is 2.20 bits per heavy atom. The van der Waals surface area contributed by atoms with Gasteiger partial charge in [-0.2, -0.15) is 0 Å². The van der Waals surface area contributed by atoms with E-state index in [-0.39, 0.29) is 18.1 Å². The van der Waals surface area contributed by atoms with E-state index < -0.39 is 5.97 Å². The number of hydrogen-bond acceptors (Lipinski definition) is 2. The first-order valence-electron chi connectivity index (χ1n) is 3.49. The quantitative estimate of drug-likeness (QED) is 0.594. The molecule has 0 aromatic carbocycles. The Kier molecular flexibility index (Phi) is 1.94. The third-order valence-corrected chi connectivity index (χ3v) is 1.92. The second-order valence-electron chi connectivity index (χ2n) is 2.83. The SMILES string of the molecule is C[C@@H]1C[C@@H](C(=O)O)[C@@H](C)O1. The van der Waals surface area contributed by atoms with Crippen LogP contribution >= 0.6 is 0 Å². The van der Waals surface area contributed by atoms with Crippen LogP contribution in [0.5, 0.6) is 0 Å². The average Bonchev–Trinajstić information content (AvgIpc) is 2.10. The third kappa shape index (κ3) is 1.29. The molecule has 0 aliphatic carbocycles. The van der Waals surface area contributed by atoms with Crippen LogP contribution < -0.4 is 0 Å². The summed E-state index contributed by atoms with van der Waals surface area (Å²) >= 11 is 0. The van der Waals surface area contributed by atoms with Gasteiger partial charge < -0.3 is 9.84 Å². The predicted molar refractivity (Wildman–Crippen MR) is 35.8 cm³/mol. The summed E-state index contributed by atoms with van der Waals surface area (Å²) < 4.78 is 5.25. The first kappa shape index (κ1) is 7.54. The molecule has 10 heavy (non-hydrogen) atoms. The molecule has 58 valence electrons. The van der Waals surface area contributed by atoms with E-state index in [1.54, 1.807) is 0 Å². The van der Waals surface area contributed by atoms with Crippen LogP contribution in [0.1, 0.15) is 20.3 Å². The molecule has 0 unspecified atom stereocenters. The fraction of sp³-hybridized carbons (Fsp3) is 0.857. The predicted octanol–water partition coefficient (Wildman–Crippen LogP) is 0.884. The minimum atomic E-state index is -0.739. The van der Waals surface area contributed by atoms with Crippen LogP contribution in [0.2, 0.25) is 0 Å². The van der Waals surface area contributed by atoms with Crippen molar-refractivity contribution in [3.05, 3.63) is 0 Å². The fourth-order valence-corrected chi connectivity index (χ4v) is 1.37. The molecular weight excluding hydrogens is 132 g/mol. The van der Waals surface area contributed by atoms with Gasteiger partial charge in [-0.05, 0) is 20.3 Å². The highest BCUT2D eigenvalue weighted by Gasteiger charge is 2.34. The van der Waals surface area contributed by atoms with Gasteiger partial charge >= 0.3 is 5.97 Å². The van der Waals surface area contributed by atoms with E-state index in [0.717, 1.165) is 0 Å². The van der Waals surface area contributed by atoms with Crippen molar-refractivity contribution in [3.8, 4) is 0 Å². The van der Waals surface area contributed by atoms with Crippen LogP contribution in [0.25, 0.3) is 0 Å². The van der Waals surface area contributed by atoms with Crippen LogP contribution in [0.3, 0.4) is 0 Å². The highest BCUT2D eigenvalue weighted by Crippen LogP contribution is 2.25. The highest BCUT2D eigenvalue weighted by atomic mass is 16.5. The molecule has 1 saturated heterocycles. The smallest absolute Gasteiger partial charge is 0.309 e. The van der Waals surface area contributed by atoms with Gasteiger partial charge in [0, 0.05) is 0 Å². The topological polar surface area (TPSA) is 46.5 Å². The average molecular weight is 144 g/mol. The zero-order valence-electron chi connectivity index (χ0n) is 6.20. The lowest BCUT2D eigenvalue weighted by molar-refractivity contribution is -0.143. The van der Waals surface area contributed by atoms with E-state index in [9.17, 15) is 4.79 Å². The first-order valence-corrected chi connectivity index (χ1v) is 3.49. The van der Waals surface area contributed by atoms with Crippen LogP contribution in [0.15, 0.2) is 0 Å². The van der Waals surface area contributed by atoms with Crippen molar-refractivity contribution in [1.29, 1.82) is 0 Å².